The zero-order chi connectivity index (χ0) is 8.06. The fraction of sp³-hybridized carbons (Fsp3) is 0.750. The average molecular weight is 154 g/mol. The van der Waals surface area contributed by atoms with Crippen molar-refractivity contribution in [1.29, 1.82) is 0 Å². The number of ketones is 1. The third kappa shape index (κ3) is 0.633. The van der Waals surface area contributed by atoms with Crippen molar-refractivity contribution in [2.75, 3.05) is 7.11 Å². The number of rotatable bonds is 1. The largest absolute Gasteiger partial charge is 0.468 e. The lowest BCUT2D eigenvalue weighted by molar-refractivity contribution is -0.150. The first kappa shape index (κ1) is 6.83. The van der Waals surface area contributed by atoms with E-state index >= 15 is 0 Å². The van der Waals surface area contributed by atoms with Crippen molar-refractivity contribution in [1.82, 2.24) is 0 Å². The SMILES string of the molecule is COC(=O)[C@]12C[C@H]1CCC2=O. The van der Waals surface area contributed by atoms with Crippen LogP contribution in [0.3, 0.4) is 0 Å². The molecule has 2 aliphatic rings. The van der Waals surface area contributed by atoms with Crippen molar-refractivity contribution >= 4 is 11.8 Å². The lowest BCUT2D eigenvalue weighted by atomic mass is 10.0. The summed E-state index contributed by atoms with van der Waals surface area (Å²) in [7, 11) is 1.35. The second-order valence-electron chi connectivity index (χ2n) is 3.33. The van der Waals surface area contributed by atoms with E-state index in [9.17, 15) is 9.59 Å². The normalized spacial score (nSPS) is 40.1. The number of hydrogen-bond acceptors (Lipinski definition) is 3. The highest BCUT2D eigenvalue weighted by Crippen LogP contribution is 2.61. The van der Waals surface area contributed by atoms with Gasteiger partial charge in [0.15, 0.2) is 0 Å². The summed E-state index contributed by atoms with van der Waals surface area (Å²) in [5, 5.41) is 0. The standard InChI is InChI=1S/C8H10O3/c1-11-7(10)8-4-5(8)2-3-6(8)9/h5H,2-4H2,1H3/t5-,8-/m1/s1. The van der Waals surface area contributed by atoms with Gasteiger partial charge in [-0.15, -0.1) is 0 Å². The maximum atomic E-state index is 11.2. The molecule has 0 heterocycles. The van der Waals surface area contributed by atoms with Crippen molar-refractivity contribution in [3.8, 4) is 0 Å². The molecule has 60 valence electrons. The van der Waals surface area contributed by atoms with Crippen molar-refractivity contribution in [2.24, 2.45) is 11.3 Å². The summed E-state index contributed by atoms with van der Waals surface area (Å²) >= 11 is 0. The van der Waals surface area contributed by atoms with E-state index < -0.39 is 5.41 Å². The number of hydrogen-bond donors (Lipinski definition) is 0. The van der Waals surface area contributed by atoms with Gasteiger partial charge in [-0.2, -0.15) is 0 Å². The van der Waals surface area contributed by atoms with Gasteiger partial charge in [0, 0.05) is 6.42 Å². The van der Waals surface area contributed by atoms with Crippen molar-refractivity contribution in [3.05, 3.63) is 0 Å². The molecule has 11 heavy (non-hydrogen) atoms. The van der Waals surface area contributed by atoms with E-state index in [2.05, 4.69) is 4.74 Å². The molecule has 2 saturated carbocycles. The zero-order valence-electron chi connectivity index (χ0n) is 6.42. The molecule has 0 radical (unpaired) electrons. The summed E-state index contributed by atoms with van der Waals surface area (Å²) in [6.45, 7) is 0. The Hall–Kier alpha value is -0.860. The van der Waals surface area contributed by atoms with Gasteiger partial charge in [-0.05, 0) is 18.8 Å². The molecule has 0 saturated heterocycles. The second kappa shape index (κ2) is 1.84. The van der Waals surface area contributed by atoms with E-state index in [1.165, 1.54) is 7.11 Å². The van der Waals surface area contributed by atoms with Gasteiger partial charge in [-0.25, -0.2) is 0 Å². The van der Waals surface area contributed by atoms with Gasteiger partial charge >= 0.3 is 5.97 Å². The summed E-state index contributed by atoms with van der Waals surface area (Å²) in [6.07, 6.45) is 2.19. The topological polar surface area (TPSA) is 43.4 Å². The van der Waals surface area contributed by atoms with Crippen LogP contribution >= 0.6 is 0 Å². The van der Waals surface area contributed by atoms with Crippen molar-refractivity contribution in [3.63, 3.8) is 0 Å². The van der Waals surface area contributed by atoms with Gasteiger partial charge in [0.2, 0.25) is 0 Å². The number of fused-ring (bicyclic) bond motifs is 1. The highest BCUT2D eigenvalue weighted by atomic mass is 16.5. The Morgan fingerprint density at radius 2 is 2.45 bits per heavy atom. The Balaban J connectivity index is 2.24. The fourth-order valence-corrected chi connectivity index (χ4v) is 2.09. The molecule has 2 aliphatic carbocycles. The Labute approximate surface area is 64.7 Å². The molecule has 0 N–H and O–H groups in total. The highest BCUT2D eigenvalue weighted by Gasteiger charge is 2.68. The number of ether oxygens (including phenoxy) is 1. The van der Waals surface area contributed by atoms with Crippen LogP contribution in [0.4, 0.5) is 0 Å². The minimum absolute atomic E-state index is 0.0920. The van der Waals surface area contributed by atoms with Crippen LogP contribution in [0, 0.1) is 11.3 Å². The monoisotopic (exact) mass is 154 g/mol. The van der Waals surface area contributed by atoms with E-state index in [1.807, 2.05) is 0 Å². The predicted molar refractivity (Wildman–Crippen MR) is 36.8 cm³/mol. The summed E-state index contributed by atoms with van der Waals surface area (Å²) < 4.78 is 4.59. The molecule has 3 nitrogen and oxygen atoms in total. The molecule has 2 fully saturated rings. The summed E-state index contributed by atoms with van der Waals surface area (Å²) in [5.74, 6) is 0.0850. The van der Waals surface area contributed by atoms with E-state index in [-0.39, 0.29) is 11.8 Å². The maximum absolute atomic E-state index is 11.2. The molecule has 0 aromatic heterocycles. The number of carbonyl (C=O) groups excluding carboxylic acids is 2. The van der Waals surface area contributed by atoms with Crippen LogP contribution in [0.25, 0.3) is 0 Å². The first-order valence-electron chi connectivity index (χ1n) is 3.83. The molecule has 0 aromatic carbocycles. The molecule has 0 amide bonds. The van der Waals surface area contributed by atoms with Crippen LogP contribution in [-0.4, -0.2) is 18.9 Å². The maximum Gasteiger partial charge on any atom is 0.319 e. The Morgan fingerprint density at radius 3 is 2.82 bits per heavy atom. The van der Waals surface area contributed by atoms with Gasteiger partial charge in [-0.1, -0.05) is 0 Å². The minimum Gasteiger partial charge on any atom is -0.468 e. The molecular formula is C8H10O3. The van der Waals surface area contributed by atoms with E-state index in [0.29, 0.717) is 12.3 Å². The summed E-state index contributed by atoms with van der Waals surface area (Å²) in [5.41, 5.74) is -0.672. The van der Waals surface area contributed by atoms with Crippen LogP contribution in [0.2, 0.25) is 0 Å². The molecular weight excluding hydrogens is 144 g/mol. The summed E-state index contributed by atoms with van der Waals surface area (Å²) in [6, 6.07) is 0. The molecule has 0 aromatic rings. The molecule has 2 rings (SSSR count). The third-order valence-corrected chi connectivity index (χ3v) is 2.87. The minimum atomic E-state index is -0.672. The van der Waals surface area contributed by atoms with E-state index in [0.717, 1.165) is 12.8 Å². The molecule has 3 heteroatoms. The van der Waals surface area contributed by atoms with E-state index in [4.69, 9.17) is 0 Å². The van der Waals surface area contributed by atoms with Gasteiger partial charge in [0.1, 0.15) is 11.2 Å². The predicted octanol–water partition coefficient (Wildman–Crippen LogP) is 0.529. The number of methoxy groups -OCH3 is 1. The van der Waals surface area contributed by atoms with Crippen LogP contribution in [-0.2, 0) is 14.3 Å². The second-order valence-corrected chi connectivity index (χ2v) is 3.33. The van der Waals surface area contributed by atoms with Crippen LogP contribution in [0.1, 0.15) is 19.3 Å². The van der Waals surface area contributed by atoms with Gasteiger partial charge < -0.3 is 4.74 Å². The van der Waals surface area contributed by atoms with Crippen molar-refractivity contribution < 1.29 is 14.3 Å². The Kier molecular flexibility index (Phi) is 1.14. The zero-order valence-corrected chi connectivity index (χ0v) is 6.42. The average Bonchev–Trinajstić information content (AvgIpc) is 2.68. The smallest absolute Gasteiger partial charge is 0.319 e. The highest BCUT2D eigenvalue weighted by molar-refractivity contribution is 6.09. The first-order chi connectivity index (χ1) is 5.21. The summed E-state index contributed by atoms with van der Waals surface area (Å²) in [4.78, 5) is 22.4. The van der Waals surface area contributed by atoms with Crippen LogP contribution in [0.15, 0.2) is 0 Å². The van der Waals surface area contributed by atoms with Crippen LogP contribution in [0.5, 0.6) is 0 Å². The fourth-order valence-electron chi connectivity index (χ4n) is 2.09. The number of carbonyl (C=O) groups is 2. The first-order valence-corrected chi connectivity index (χ1v) is 3.83. The van der Waals surface area contributed by atoms with Crippen LogP contribution < -0.4 is 0 Å². The van der Waals surface area contributed by atoms with Gasteiger partial charge in [-0.3, -0.25) is 9.59 Å². The molecule has 0 aliphatic heterocycles. The lowest BCUT2D eigenvalue weighted by Gasteiger charge is -2.05. The van der Waals surface area contributed by atoms with Gasteiger partial charge in [0.05, 0.1) is 7.11 Å². The molecule has 2 atom stereocenters. The molecule has 0 bridgehead atoms. The Bertz CT molecular complexity index is 233. The van der Waals surface area contributed by atoms with Crippen molar-refractivity contribution in [2.45, 2.75) is 19.3 Å². The Morgan fingerprint density at radius 1 is 1.73 bits per heavy atom. The quantitative estimate of drug-likeness (QED) is 0.408. The van der Waals surface area contributed by atoms with Gasteiger partial charge in [0.25, 0.3) is 0 Å². The molecule has 0 unspecified atom stereocenters. The third-order valence-electron chi connectivity index (χ3n) is 2.87. The number of Topliss-reactive ketones (excluding diaryl/α,β-unsaturated/α-hetero) is 1. The number of esters is 1. The van der Waals surface area contributed by atoms with E-state index in [1.54, 1.807) is 0 Å². The molecule has 0 spiro atoms. The lowest BCUT2D eigenvalue weighted by Crippen LogP contribution is -2.24.